The van der Waals surface area contributed by atoms with Gasteiger partial charge in [0, 0.05) is 26.2 Å². The van der Waals surface area contributed by atoms with E-state index in [1.807, 2.05) is 13.8 Å². The van der Waals surface area contributed by atoms with Crippen molar-refractivity contribution >= 4 is 10.0 Å². The van der Waals surface area contributed by atoms with E-state index in [0.717, 1.165) is 32.2 Å². The van der Waals surface area contributed by atoms with E-state index in [1.54, 1.807) is 11.4 Å². The molecule has 1 N–H and O–H groups in total. The maximum atomic E-state index is 12.8. The Morgan fingerprint density at radius 2 is 2.05 bits per heavy atom. The zero-order valence-electron chi connectivity index (χ0n) is 12.4. The van der Waals surface area contributed by atoms with Gasteiger partial charge >= 0.3 is 0 Å². The van der Waals surface area contributed by atoms with Crippen molar-refractivity contribution in [3.8, 4) is 0 Å². The molecule has 1 saturated heterocycles. The molecule has 0 bridgehead atoms. The number of methoxy groups -OCH3 is 1. The van der Waals surface area contributed by atoms with E-state index >= 15 is 0 Å². The van der Waals surface area contributed by atoms with Gasteiger partial charge in [-0.25, -0.2) is 8.42 Å². The number of ether oxygens (including phenoxy) is 1. The molecule has 0 radical (unpaired) electrons. The summed E-state index contributed by atoms with van der Waals surface area (Å²) in [5.41, 5.74) is 0. The number of sulfonamides is 1. The minimum Gasteiger partial charge on any atom is -0.383 e. The van der Waals surface area contributed by atoms with E-state index in [1.165, 1.54) is 0 Å². The summed E-state index contributed by atoms with van der Waals surface area (Å²) < 4.78 is 32.3. The number of nitrogens with zero attached hydrogens (tertiary/aromatic N) is 1. The topological polar surface area (TPSA) is 58.6 Å². The van der Waals surface area contributed by atoms with Gasteiger partial charge in [-0.2, -0.15) is 4.31 Å². The van der Waals surface area contributed by atoms with Crippen molar-refractivity contribution in [2.45, 2.75) is 50.8 Å². The summed E-state index contributed by atoms with van der Waals surface area (Å²) in [6.07, 6.45) is 3.39. The number of hydrogen-bond donors (Lipinski definition) is 1. The summed E-state index contributed by atoms with van der Waals surface area (Å²) in [4.78, 5) is 0. The lowest BCUT2D eigenvalue weighted by atomic mass is 10.2. The maximum Gasteiger partial charge on any atom is 0.218 e. The van der Waals surface area contributed by atoms with Gasteiger partial charge in [-0.05, 0) is 32.2 Å². The molecule has 6 heteroatoms. The zero-order chi connectivity index (χ0) is 14.3. The highest BCUT2D eigenvalue weighted by Crippen LogP contribution is 2.21. The van der Waals surface area contributed by atoms with Crippen molar-refractivity contribution in [3.05, 3.63) is 0 Å². The van der Waals surface area contributed by atoms with Crippen molar-refractivity contribution < 1.29 is 13.2 Å². The van der Waals surface area contributed by atoms with Crippen LogP contribution >= 0.6 is 0 Å². The molecule has 0 amide bonds. The van der Waals surface area contributed by atoms with E-state index in [-0.39, 0.29) is 11.3 Å². The van der Waals surface area contributed by atoms with Gasteiger partial charge in [-0.1, -0.05) is 13.8 Å². The predicted molar refractivity (Wildman–Crippen MR) is 77.8 cm³/mol. The monoisotopic (exact) mass is 292 g/mol. The lowest BCUT2D eigenvalue weighted by Gasteiger charge is -2.34. The van der Waals surface area contributed by atoms with Crippen LogP contribution in [0.5, 0.6) is 0 Å². The number of nitrogens with one attached hydrogen (secondary N) is 1. The Morgan fingerprint density at radius 1 is 1.37 bits per heavy atom. The molecule has 1 aliphatic rings. The third-order valence-electron chi connectivity index (χ3n) is 3.87. The molecule has 0 aromatic rings. The molecule has 1 atom stereocenters. The van der Waals surface area contributed by atoms with Gasteiger partial charge in [0.05, 0.1) is 11.9 Å². The summed E-state index contributed by atoms with van der Waals surface area (Å²) in [5, 5.41) is 2.91. The number of rotatable bonds is 8. The Balaban J connectivity index is 2.86. The normalized spacial score (nSPS) is 21.2. The van der Waals surface area contributed by atoms with Gasteiger partial charge < -0.3 is 10.1 Å². The van der Waals surface area contributed by atoms with Crippen LogP contribution in [0.2, 0.25) is 0 Å². The second kappa shape index (κ2) is 8.19. The lowest BCUT2D eigenvalue weighted by molar-refractivity contribution is 0.162. The molecule has 0 aromatic carbocycles. The molecule has 0 aromatic heterocycles. The van der Waals surface area contributed by atoms with Gasteiger partial charge in [0.25, 0.3) is 0 Å². The highest BCUT2D eigenvalue weighted by molar-refractivity contribution is 7.89. The predicted octanol–water partition coefficient (Wildman–Crippen LogP) is 1.21. The van der Waals surface area contributed by atoms with E-state index < -0.39 is 10.0 Å². The van der Waals surface area contributed by atoms with E-state index in [9.17, 15) is 8.42 Å². The maximum absolute atomic E-state index is 12.8. The summed E-state index contributed by atoms with van der Waals surface area (Å²) in [6, 6.07) is 0.0853. The average molecular weight is 292 g/mol. The van der Waals surface area contributed by atoms with Gasteiger partial charge in [0.1, 0.15) is 0 Å². The van der Waals surface area contributed by atoms with Gasteiger partial charge in [-0.15, -0.1) is 0 Å². The molecule has 0 saturated carbocycles. The summed E-state index contributed by atoms with van der Waals surface area (Å²) in [5.74, 6) is 0. The minimum atomic E-state index is -3.23. The fraction of sp³-hybridized carbons (Fsp3) is 1.00. The quantitative estimate of drug-likeness (QED) is 0.730. The van der Waals surface area contributed by atoms with Crippen LogP contribution in [0, 0.1) is 0 Å². The molecule has 5 nitrogen and oxygen atoms in total. The number of hydrogen-bond acceptors (Lipinski definition) is 4. The standard InChI is InChI=1S/C13H28N2O3S/c1-4-12(5-2)15(9-10-18-3)19(16,17)13-7-6-8-14-11-13/h12-14H,4-11H2,1-3H3. The summed E-state index contributed by atoms with van der Waals surface area (Å²) >= 11 is 0. The Hall–Kier alpha value is -0.170. The summed E-state index contributed by atoms with van der Waals surface area (Å²) in [7, 11) is -1.62. The van der Waals surface area contributed by atoms with Crippen LogP contribution in [-0.2, 0) is 14.8 Å². The van der Waals surface area contributed by atoms with Crippen LogP contribution in [0.1, 0.15) is 39.5 Å². The van der Waals surface area contributed by atoms with Crippen LogP contribution in [0.25, 0.3) is 0 Å². The van der Waals surface area contributed by atoms with Crippen LogP contribution in [0.3, 0.4) is 0 Å². The van der Waals surface area contributed by atoms with Crippen LogP contribution < -0.4 is 5.32 Å². The van der Waals surface area contributed by atoms with Crippen LogP contribution in [-0.4, -0.2) is 57.4 Å². The second-order valence-corrected chi connectivity index (χ2v) is 7.25. The molecule has 0 aliphatic carbocycles. The molecule has 1 unspecified atom stereocenters. The minimum absolute atomic E-state index is 0.0853. The van der Waals surface area contributed by atoms with Crippen molar-refractivity contribution in [1.29, 1.82) is 0 Å². The molecule has 114 valence electrons. The molecule has 1 fully saturated rings. The number of piperidine rings is 1. The molecule has 1 aliphatic heterocycles. The Labute approximate surface area is 117 Å². The van der Waals surface area contributed by atoms with E-state index in [4.69, 9.17) is 4.74 Å². The first-order chi connectivity index (χ1) is 9.07. The Kier molecular flexibility index (Phi) is 7.28. The largest absolute Gasteiger partial charge is 0.383 e. The highest BCUT2D eigenvalue weighted by atomic mass is 32.2. The summed E-state index contributed by atoms with van der Waals surface area (Å²) in [6.45, 7) is 6.50. The lowest BCUT2D eigenvalue weighted by Crippen LogP contribution is -2.50. The molecule has 19 heavy (non-hydrogen) atoms. The zero-order valence-corrected chi connectivity index (χ0v) is 13.2. The molecular formula is C13H28N2O3S. The van der Waals surface area contributed by atoms with Crippen LogP contribution in [0.4, 0.5) is 0 Å². The Bertz CT molecular complexity index is 336. The van der Waals surface area contributed by atoms with Crippen molar-refractivity contribution in [2.24, 2.45) is 0 Å². The first kappa shape index (κ1) is 16.9. The molecule has 0 spiro atoms. The first-order valence-corrected chi connectivity index (χ1v) is 8.78. The fourth-order valence-corrected chi connectivity index (χ4v) is 4.88. The highest BCUT2D eigenvalue weighted by Gasteiger charge is 2.35. The third-order valence-corrected chi connectivity index (χ3v) is 6.24. The smallest absolute Gasteiger partial charge is 0.218 e. The molecule has 1 heterocycles. The molecule has 1 rings (SSSR count). The van der Waals surface area contributed by atoms with Crippen molar-refractivity contribution in [3.63, 3.8) is 0 Å². The van der Waals surface area contributed by atoms with Gasteiger partial charge in [-0.3, -0.25) is 0 Å². The second-order valence-electron chi connectivity index (χ2n) is 5.09. The Morgan fingerprint density at radius 3 is 2.53 bits per heavy atom. The van der Waals surface area contributed by atoms with Gasteiger partial charge in [0.2, 0.25) is 10.0 Å². The van der Waals surface area contributed by atoms with Crippen LogP contribution in [0.15, 0.2) is 0 Å². The first-order valence-electron chi connectivity index (χ1n) is 7.28. The van der Waals surface area contributed by atoms with E-state index in [0.29, 0.717) is 19.7 Å². The van der Waals surface area contributed by atoms with Crippen molar-refractivity contribution in [1.82, 2.24) is 9.62 Å². The van der Waals surface area contributed by atoms with Gasteiger partial charge in [0.15, 0.2) is 0 Å². The fourth-order valence-electron chi connectivity index (χ4n) is 2.66. The average Bonchev–Trinajstić information content (AvgIpc) is 2.44. The van der Waals surface area contributed by atoms with E-state index in [2.05, 4.69) is 5.32 Å². The third kappa shape index (κ3) is 4.41. The SMILES string of the molecule is CCC(CC)N(CCOC)S(=O)(=O)C1CCCNC1. The molecular weight excluding hydrogens is 264 g/mol. The van der Waals surface area contributed by atoms with Crippen molar-refractivity contribution in [2.75, 3.05) is 33.4 Å².